The molecular weight excluding hydrogens is 458 g/mol. The van der Waals surface area contributed by atoms with Crippen molar-refractivity contribution in [3.63, 3.8) is 0 Å². The van der Waals surface area contributed by atoms with Gasteiger partial charge in [-0.25, -0.2) is 8.42 Å². The van der Waals surface area contributed by atoms with Crippen molar-refractivity contribution < 1.29 is 13.2 Å². The van der Waals surface area contributed by atoms with Gasteiger partial charge in [0.2, 0.25) is 0 Å². The average Bonchev–Trinajstić information content (AvgIpc) is 2.88. The number of fused-ring (bicyclic) bond motifs is 2. The molecule has 4 aromatic rings. The summed E-state index contributed by atoms with van der Waals surface area (Å²) in [6.07, 6.45) is 0.775. The lowest BCUT2D eigenvalue weighted by Gasteiger charge is -2.30. The Kier molecular flexibility index (Phi) is 6.36. The summed E-state index contributed by atoms with van der Waals surface area (Å²) in [5, 5.41) is 3.80. The maximum Gasteiger partial charge on any atom is 0.256 e. The predicted octanol–water partition coefficient (Wildman–Crippen LogP) is 4.84. The Balaban J connectivity index is 1.48. The summed E-state index contributed by atoms with van der Waals surface area (Å²) in [6, 6.07) is 24.4. The van der Waals surface area contributed by atoms with Gasteiger partial charge in [-0.05, 0) is 35.9 Å². The first kappa shape index (κ1) is 23.2. The number of anilines is 1. The van der Waals surface area contributed by atoms with Crippen molar-refractivity contribution in [1.29, 1.82) is 0 Å². The first-order valence-electron chi connectivity index (χ1n) is 11.8. The van der Waals surface area contributed by atoms with Gasteiger partial charge in [0.1, 0.15) is 0 Å². The molecule has 1 aliphatic heterocycles. The zero-order chi connectivity index (χ0) is 24.4. The molecule has 0 radical (unpaired) electrons. The van der Waals surface area contributed by atoms with E-state index < -0.39 is 9.84 Å². The normalized spacial score (nSPS) is 14.0. The molecule has 0 unspecified atom stereocenters. The number of nitrogens with one attached hydrogen (secondary N) is 1. The minimum Gasteiger partial charge on any atom is -0.322 e. The molecule has 6 nitrogen and oxygen atoms in total. The van der Waals surface area contributed by atoms with E-state index in [-0.39, 0.29) is 16.6 Å². The molecule has 1 N–H and O–H groups in total. The minimum absolute atomic E-state index is 0.0350. The maximum atomic E-state index is 13.6. The Labute approximate surface area is 205 Å². The summed E-state index contributed by atoms with van der Waals surface area (Å²) in [5.41, 5.74) is 5.14. The Morgan fingerprint density at radius 1 is 0.971 bits per heavy atom. The number of para-hydroxylation sites is 1. The number of benzene rings is 3. The number of hydrogen-bond donors (Lipinski definition) is 1. The minimum atomic E-state index is -3.29. The van der Waals surface area contributed by atoms with Crippen LogP contribution in [0.4, 0.5) is 5.69 Å². The summed E-state index contributed by atoms with van der Waals surface area (Å²) in [4.78, 5) is 21.1. The van der Waals surface area contributed by atoms with Gasteiger partial charge in [-0.15, -0.1) is 0 Å². The second-order valence-electron chi connectivity index (χ2n) is 8.76. The molecule has 0 fully saturated rings. The van der Waals surface area contributed by atoms with Crippen LogP contribution in [0.15, 0.2) is 83.8 Å². The van der Waals surface area contributed by atoms with E-state index in [1.54, 1.807) is 19.1 Å². The number of hydrogen-bond acceptors (Lipinski definition) is 5. The van der Waals surface area contributed by atoms with Crippen LogP contribution in [0.2, 0.25) is 0 Å². The molecule has 1 amide bonds. The summed E-state index contributed by atoms with van der Waals surface area (Å²) < 4.78 is 24.3. The van der Waals surface area contributed by atoms with Crippen molar-refractivity contribution in [2.24, 2.45) is 0 Å². The molecule has 0 saturated carbocycles. The fourth-order valence-electron chi connectivity index (χ4n) is 4.59. The monoisotopic (exact) mass is 485 g/mol. The van der Waals surface area contributed by atoms with Crippen molar-refractivity contribution in [2.75, 3.05) is 17.6 Å². The van der Waals surface area contributed by atoms with Crippen LogP contribution in [0.3, 0.4) is 0 Å². The lowest BCUT2D eigenvalue weighted by atomic mass is 9.95. The first-order valence-corrected chi connectivity index (χ1v) is 13.4. The lowest BCUT2D eigenvalue weighted by molar-refractivity contribution is 0.102. The number of carbonyl (C=O) groups excluding carboxylic acids is 1. The quantitative estimate of drug-likeness (QED) is 0.423. The van der Waals surface area contributed by atoms with Crippen LogP contribution in [0, 0.1) is 0 Å². The van der Waals surface area contributed by atoms with E-state index in [1.807, 2.05) is 42.5 Å². The highest BCUT2D eigenvalue weighted by Gasteiger charge is 2.26. The Morgan fingerprint density at radius 2 is 1.69 bits per heavy atom. The topological polar surface area (TPSA) is 79.4 Å². The van der Waals surface area contributed by atoms with E-state index in [0.717, 1.165) is 41.7 Å². The lowest BCUT2D eigenvalue weighted by Crippen LogP contribution is -2.32. The van der Waals surface area contributed by atoms with E-state index >= 15 is 0 Å². The summed E-state index contributed by atoms with van der Waals surface area (Å²) in [6.45, 7) is 3.94. The fraction of sp³-hybridized carbons (Fsp3) is 0.214. The molecule has 0 bridgehead atoms. The van der Waals surface area contributed by atoms with Gasteiger partial charge >= 0.3 is 0 Å². The van der Waals surface area contributed by atoms with Gasteiger partial charge in [0.25, 0.3) is 5.91 Å². The second kappa shape index (κ2) is 9.60. The average molecular weight is 486 g/mol. The van der Waals surface area contributed by atoms with E-state index in [2.05, 4.69) is 22.3 Å². The van der Waals surface area contributed by atoms with Crippen molar-refractivity contribution in [3.8, 4) is 0 Å². The van der Waals surface area contributed by atoms with E-state index in [4.69, 9.17) is 4.98 Å². The van der Waals surface area contributed by atoms with Crippen LogP contribution < -0.4 is 5.32 Å². The molecule has 7 heteroatoms. The smallest absolute Gasteiger partial charge is 0.256 e. The van der Waals surface area contributed by atoms with Gasteiger partial charge < -0.3 is 5.32 Å². The number of aromatic nitrogens is 1. The molecule has 1 aliphatic rings. The van der Waals surface area contributed by atoms with Crippen LogP contribution in [-0.2, 0) is 29.3 Å². The van der Waals surface area contributed by atoms with Crippen molar-refractivity contribution in [2.45, 2.75) is 31.3 Å². The molecule has 178 valence electrons. The number of carbonyl (C=O) groups is 1. The highest BCUT2D eigenvalue weighted by Crippen LogP contribution is 2.30. The third-order valence-corrected chi connectivity index (χ3v) is 8.20. The van der Waals surface area contributed by atoms with Gasteiger partial charge in [0.15, 0.2) is 9.84 Å². The molecule has 2 heterocycles. The molecule has 0 spiro atoms. The molecule has 5 rings (SSSR count). The van der Waals surface area contributed by atoms with Gasteiger partial charge in [0.05, 0.1) is 21.7 Å². The van der Waals surface area contributed by atoms with E-state index in [0.29, 0.717) is 17.8 Å². The number of rotatable bonds is 6. The number of pyridine rings is 1. The number of amides is 1. The Morgan fingerprint density at radius 3 is 2.43 bits per heavy atom. The van der Waals surface area contributed by atoms with Crippen molar-refractivity contribution in [1.82, 2.24) is 9.88 Å². The van der Waals surface area contributed by atoms with Gasteiger partial charge in [-0.3, -0.25) is 14.7 Å². The molecule has 0 saturated heterocycles. The molecule has 0 atom stereocenters. The highest BCUT2D eigenvalue weighted by atomic mass is 32.2. The second-order valence-corrected chi connectivity index (χ2v) is 11.0. The largest absolute Gasteiger partial charge is 0.322 e. The maximum absolute atomic E-state index is 13.6. The predicted molar refractivity (Wildman–Crippen MR) is 138 cm³/mol. The van der Waals surface area contributed by atoms with Crippen molar-refractivity contribution >= 4 is 32.3 Å². The highest BCUT2D eigenvalue weighted by molar-refractivity contribution is 7.91. The third kappa shape index (κ3) is 4.83. The Hall–Kier alpha value is -3.55. The zero-order valence-corrected chi connectivity index (χ0v) is 20.4. The van der Waals surface area contributed by atoms with E-state index in [9.17, 15) is 13.2 Å². The van der Waals surface area contributed by atoms with Crippen LogP contribution in [0.25, 0.3) is 10.9 Å². The Bertz CT molecular complexity index is 1480. The summed E-state index contributed by atoms with van der Waals surface area (Å²) in [5.74, 6) is -0.180. The fourth-order valence-corrected chi connectivity index (χ4v) is 5.47. The molecular formula is C28H27N3O3S. The van der Waals surface area contributed by atoms with Crippen LogP contribution in [0.5, 0.6) is 0 Å². The van der Waals surface area contributed by atoms with E-state index in [1.165, 1.54) is 17.7 Å². The molecule has 1 aromatic heterocycles. The van der Waals surface area contributed by atoms with Crippen LogP contribution >= 0.6 is 0 Å². The third-order valence-electron chi connectivity index (χ3n) is 6.45. The van der Waals surface area contributed by atoms with Gasteiger partial charge in [-0.1, -0.05) is 55.5 Å². The van der Waals surface area contributed by atoms with Crippen molar-refractivity contribution in [3.05, 3.63) is 101 Å². The summed E-state index contributed by atoms with van der Waals surface area (Å²) in [7, 11) is -3.29. The molecule has 0 aliphatic carbocycles. The zero-order valence-electron chi connectivity index (χ0n) is 19.6. The summed E-state index contributed by atoms with van der Waals surface area (Å²) >= 11 is 0. The molecule has 35 heavy (non-hydrogen) atoms. The number of nitrogens with zero attached hydrogens (tertiary/aromatic N) is 2. The SMILES string of the molecule is CCS(=O)(=O)c1ccc(NC(=O)c2c3c(nc4ccccc24)CCN(Cc2ccccc2)C3)cc1. The first-order chi connectivity index (χ1) is 16.9. The van der Waals surface area contributed by atoms with Crippen LogP contribution in [0.1, 0.15) is 34.1 Å². The van der Waals surface area contributed by atoms with Gasteiger partial charge in [0, 0.05) is 48.4 Å². The standard InChI is InChI=1S/C28H27N3O3S/c1-2-35(33,34)22-14-12-21(13-15-22)29-28(32)27-23-10-6-7-11-25(23)30-26-16-17-31(19-24(26)27)18-20-8-4-3-5-9-20/h3-15H,2,16-19H2,1H3,(H,29,32). The molecule has 3 aromatic carbocycles. The van der Waals surface area contributed by atoms with Crippen LogP contribution in [-0.4, -0.2) is 36.5 Å². The number of sulfone groups is 1. The van der Waals surface area contributed by atoms with Gasteiger partial charge in [-0.2, -0.15) is 0 Å².